The van der Waals surface area contributed by atoms with Crippen molar-refractivity contribution in [2.45, 2.75) is 20.8 Å². The predicted molar refractivity (Wildman–Crippen MR) is 66.5 cm³/mol. The van der Waals surface area contributed by atoms with E-state index in [4.69, 9.17) is 10.5 Å². The van der Waals surface area contributed by atoms with Crippen molar-refractivity contribution in [1.29, 1.82) is 10.5 Å². The monoisotopic (exact) mass is 241 g/mol. The van der Waals surface area contributed by atoms with Gasteiger partial charge in [0.05, 0.1) is 4.92 Å². The SMILES string of the molecule is Cc1cc(C)c([N+](=O)[O-])c(C)c1C=C(C#N)C#N. The highest BCUT2D eigenvalue weighted by atomic mass is 16.6. The molecule has 1 aromatic rings. The number of hydrogen-bond donors (Lipinski definition) is 0. The maximum absolute atomic E-state index is 11.0. The van der Waals surface area contributed by atoms with E-state index in [-0.39, 0.29) is 11.3 Å². The van der Waals surface area contributed by atoms with Crippen LogP contribution in [0.15, 0.2) is 11.6 Å². The molecule has 1 aromatic carbocycles. The third kappa shape index (κ3) is 2.36. The zero-order chi connectivity index (χ0) is 13.9. The minimum atomic E-state index is -0.445. The first kappa shape index (κ1) is 13.4. The summed E-state index contributed by atoms with van der Waals surface area (Å²) in [5.41, 5.74) is 2.37. The number of nitro groups is 1. The number of rotatable bonds is 2. The average Bonchev–Trinajstić information content (AvgIpc) is 2.28. The fourth-order valence-corrected chi connectivity index (χ4v) is 1.93. The first-order valence-electron chi connectivity index (χ1n) is 5.19. The van der Waals surface area contributed by atoms with Gasteiger partial charge in [-0.1, -0.05) is 0 Å². The zero-order valence-electron chi connectivity index (χ0n) is 10.3. The molecule has 0 saturated heterocycles. The van der Waals surface area contributed by atoms with E-state index in [0.717, 1.165) is 5.56 Å². The summed E-state index contributed by atoms with van der Waals surface area (Å²) in [6.07, 6.45) is 1.39. The molecule has 0 radical (unpaired) electrons. The quantitative estimate of drug-likeness (QED) is 0.452. The molecule has 0 bridgehead atoms. The summed E-state index contributed by atoms with van der Waals surface area (Å²) in [4.78, 5) is 10.5. The molecule has 0 aromatic heterocycles. The van der Waals surface area contributed by atoms with Crippen molar-refractivity contribution >= 4 is 11.8 Å². The van der Waals surface area contributed by atoms with Crippen molar-refractivity contribution in [3.63, 3.8) is 0 Å². The smallest absolute Gasteiger partial charge is 0.258 e. The third-order valence-electron chi connectivity index (χ3n) is 2.70. The van der Waals surface area contributed by atoms with E-state index in [0.29, 0.717) is 16.7 Å². The highest BCUT2D eigenvalue weighted by molar-refractivity contribution is 5.70. The molecule has 0 heterocycles. The van der Waals surface area contributed by atoms with Crippen LogP contribution in [0.3, 0.4) is 0 Å². The highest BCUT2D eigenvalue weighted by Crippen LogP contribution is 2.30. The predicted octanol–water partition coefficient (Wildman–Crippen LogP) is 2.95. The number of hydrogen-bond acceptors (Lipinski definition) is 4. The van der Waals surface area contributed by atoms with Gasteiger partial charge in [-0.25, -0.2) is 0 Å². The number of nitro benzene ring substituents is 1. The summed E-state index contributed by atoms with van der Waals surface area (Å²) >= 11 is 0. The Labute approximate surface area is 105 Å². The molecule has 5 heteroatoms. The molecule has 0 spiro atoms. The average molecular weight is 241 g/mol. The first-order chi connectivity index (χ1) is 8.42. The Balaban J connectivity index is 3.63. The van der Waals surface area contributed by atoms with Crippen LogP contribution in [0.4, 0.5) is 5.69 Å². The second-order valence-electron chi connectivity index (χ2n) is 3.94. The van der Waals surface area contributed by atoms with Gasteiger partial charge >= 0.3 is 0 Å². The van der Waals surface area contributed by atoms with Crippen LogP contribution in [0.1, 0.15) is 22.3 Å². The maximum Gasteiger partial charge on any atom is 0.275 e. The van der Waals surface area contributed by atoms with Gasteiger partial charge in [0.1, 0.15) is 17.7 Å². The molecule has 0 fully saturated rings. The Morgan fingerprint density at radius 2 is 1.83 bits per heavy atom. The van der Waals surface area contributed by atoms with E-state index >= 15 is 0 Å². The van der Waals surface area contributed by atoms with E-state index in [2.05, 4.69) is 0 Å². The topological polar surface area (TPSA) is 90.7 Å². The van der Waals surface area contributed by atoms with Gasteiger partial charge in [-0.05, 0) is 44.0 Å². The van der Waals surface area contributed by atoms with E-state index in [1.807, 2.05) is 0 Å². The molecule has 0 amide bonds. The van der Waals surface area contributed by atoms with Gasteiger partial charge in [-0.15, -0.1) is 0 Å². The molecule has 1 rings (SSSR count). The minimum absolute atomic E-state index is 0.0297. The zero-order valence-corrected chi connectivity index (χ0v) is 10.3. The summed E-state index contributed by atoms with van der Waals surface area (Å²) in [6, 6.07) is 5.18. The van der Waals surface area contributed by atoms with Crippen molar-refractivity contribution in [3.8, 4) is 12.1 Å². The van der Waals surface area contributed by atoms with Crippen LogP contribution in [-0.4, -0.2) is 4.92 Å². The van der Waals surface area contributed by atoms with Gasteiger partial charge in [0.25, 0.3) is 5.69 Å². The molecule has 5 nitrogen and oxygen atoms in total. The van der Waals surface area contributed by atoms with Crippen LogP contribution >= 0.6 is 0 Å². The summed E-state index contributed by atoms with van der Waals surface area (Å²) in [5, 5.41) is 28.4. The van der Waals surface area contributed by atoms with Crippen LogP contribution in [0.2, 0.25) is 0 Å². The number of allylic oxidation sites excluding steroid dienone is 1. The van der Waals surface area contributed by atoms with Crippen molar-refractivity contribution in [2.75, 3.05) is 0 Å². The lowest BCUT2D eigenvalue weighted by Gasteiger charge is -2.08. The molecular weight excluding hydrogens is 230 g/mol. The molecule has 0 N–H and O–H groups in total. The van der Waals surface area contributed by atoms with E-state index in [1.165, 1.54) is 6.08 Å². The number of aryl methyl sites for hydroxylation is 2. The van der Waals surface area contributed by atoms with Gasteiger partial charge in [-0.3, -0.25) is 10.1 Å². The van der Waals surface area contributed by atoms with Gasteiger partial charge in [-0.2, -0.15) is 10.5 Å². The standard InChI is InChI=1S/C13H11N3O2/c1-8-4-9(2)13(16(17)18)10(3)12(8)5-11(6-14)7-15/h4-5H,1-3H3. The Hall–Kier alpha value is -2.66. The van der Waals surface area contributed by atoms with Gasteiger partial charge in [0.15, 0.2) is 0 Å². The minimum Gasteiger partial charge on any atom is -0.258 e. The Morgan fingerprint density at radius 1 is 1.28 bits per heavy atom. The molecule has 0 atom stereocenters. The van der Waals surface area contributed by atoms with Crippen molar-refractivity contribution in [1.82, 2.24) is 0 Å². The lowest BCUT2D eigenvalue weighted by molar-refractivity contribution is -0.386. The van der Waals surface area contributed by atoms with E-state index in [9.17, 15) is 10.1 Å². The molecule has 18 heavy (non-hydrogen) atoms. The molecule has 0 aliphatic carbocycles. The van der Waals surface area contributed by atoms with Gasteiger partial charge in [0.2, 0.25) is 0 Å². The van der Waals surface area contributed by atoms with Crippen molar-refractivity contribution in [2.24, 2.45) is 0 Å². The number of nitriles is 2. The van der Waals surface area contributed by atoms with Crippen molar-refractivity contribution < 1.29 is 4.92 Å². The summed E-state index contributed by atoms with van der Waals surface area (Å²) in [7, 11) is 0. The lowest BCUT2D eigenvalue weighted by atomic mass is 9.96. The largest absolute Gasteiger partial charge is 0.275 e. The maximum atomic E-state index is 11.0. The lowest BCUT2D eigenvalue weighted by Crippen LogP contribution is -1.99. The number of nitrogens with zero attached hydrogens (tertiary/aromatic N) is 3. The van der Waals surface area contributed by atoms with Crippen LogP contribution in [0, 0.1) is 53.5 Å². The second-order valence-corrected chi connectivity index (χ2v) is 3.94. The van der Waals surface area contributed by atoms with Crippen LogP contribution in [0.5, 0.6) is 0 Å². The molecular formula is C13H11N3O2. The molecule has 0 aliphatic heterocycles. The fourth-order valence-electron chi connectivity index (χ4n) is 1.93. The van der Waals surface area contributed by atoms with Crippen LogP contribution in [0.25, 0.3) is 6.08 Å². The molecule has 90 valence electrons. The molecule has 0 saturated carbocycles. The Morgan fingerprint density at radius 3 is 2.28 bits per heavy atom. The Kier molecular flexibility index (Phi) is 3.81. The first-order valence-corrected chi connectivity index (χ1v) is 5.19. The highest BCUT2D eigenvalue weighted by Gasteiger charge is 2.18. The van der Waals surface area contributed by atoms with Crippen LogP contribution in [-0.2, 0) is 0 Å². The summed E-state index contributed by atoms with van der Waals surface area (Å²) < 4.78 is 0. The van der Waals surface area contributed by atoms with Crippen LogP contribution < -0.4 is 0 Å². The third-order valence-corrected chi connectivity index (χ3v) is 2.70. The number of benzene rings is 1. The summed E-state index contributed by atoms with van der Waals surface area (Å²) in [6.45, 7) is 5.08. The molecule has 0 unspecified atom stereocenters. The van der Waals surface area contributed by atoms with E-state index < -0.39 is 4.92 Å². The van der Waals surface area contributed by atoms with E-state index in [1.54, 1.807) is 39.0 Å². The Bertz CT molecular complexity index is 615. The van der Waals surface area contributed by atoms with Crippen molar-refractivity contribution in [3.05, 3.63) is 44.0 Å². The second kappa shape index (κ2) is 5.11. The van der Waals surface area contributed by atoms with Gasteiger partial charge < -0.3 is 0 Å². The fraction of sp³-hybridized carbons (Fsp3) is 0.231. The summed E-state index contributed by atoms with van der Waals surface area (Å²) in [5.74, 6) is 0. The van der Waals surface area contributed by atoms with Gasteiger partial charge in [0, 0.05) is 11.1 Å². The normalized spacial score (nSPS) is 9.17. The molecule has 0 aliphatic rings.